The van der Waals surface area contributed by atoms with Crippen LogP contribution in [0.4, 0.5) is 0 Å². The Hall–Kier alpha value is -2.24. The van der Waals surface area contributed by atoms with E-state index in [0.29, 0.717) is 102 Å². The molecule has 0 aromatic heterocycles. The molecule has 0 aromatic carbocycles. The van der Waals surface area contributed by atoms with Gasteiger partial charge < -0.3 is 33.6 Å². The van der Waals surface area contributed by atoms with Crippen molar-refractivity contribution in [2.75, 3.05) is 85.8 Å². The fraction of sp³-hybridized carbons (Fsp3) is 0.949. The Morgan fingerprint density at radius 1 is 0.233 bits per heavy atom. The lowest BCUT2D eigenvalue weighted by molar-refractivity contribution is -0.146. The largest absolute Gasteiger partial charge is 0.466 e. The van der Waals surface area contributed by atoms with Crippen LogP contribution < -0.4 is 0 Å². The molecule has 0 aliphatic rings. The molecule has 0 heterocycles. The molecule has 0 saturated heterocycles. The zero-order chi connectivity index (χ0) is 67.3. The maximum absolute atomic E-state index is 13.1. The number of carbonyl (C=O) groups is 4. The Morgan fingerprint density at radius 2 is 0.411 bits per heavy atom. The molecule has 11 nitrogen and oxygen atoms in total. The summed E-state index contributed by atoms with van der Waals surface area (Å²) >= 11 is 0. The summed E-state index contributed by atoms with van der Waals surface area (Å²) < 4.78 is 23.2. The second-order valence-corrected chi connectivity index (χ2v) is 31.6. The van der Waals surface area contributed by atoms with Gasteiger partial charge in [0.1, 0.15) is 0 Å². The van der Waals surface area contributed by atoms with Crippen LogP contribution in [0.2, 0.25) is 0 Å². The first kappa shape index (κ1) is 87.8. The second kappa shape index (κ2) is 58.1. The van der Waals surface area contributed by atoms with E-state index in [1.807, 2.05) is 0 Å². The van der Waals surface area contributed by atoms with Gasteiger partial charge in [-0.15, -0.1) is 0 Å². The minimum atomic E-state index is -0.169. The molecule has 0 aliphatic carbocycles. The molecular weight excluding hydrogens is 1120 g/mol. The van der Waals surface area contributed by atoms with E-state index in [2.05, 4.69) is 133 Å². The van der Waals surface area contributed by atoms with Gasteiger partial charge >= 0.3 is 23.9 Å². The summed E-state index contributed by atoms with van der Waals surface area (Å²) in [5, 5.41) is 0. The average molecular weight is 1280 g/mol. The van der Waals surface area contributed by atoms with Crippen LogP contribution in [0.3, 0.4) is 0 Å². The monoisotopic (exact) mass is 1270 g/mol. The minimum Gasteiger partial charge on any atom is -0.466 e. The zero-order valence-electron chi connectivity index (χ0n) is 63.1. The van der Waals surface area contributed by atoms with E-state index in [1.54, 1.807) is 0 Å². The molecule has 90 heavy (non-hydrogen) atoms. The van der Waals surface area contributed by atoms with E-state index in [9.17, 15) is 19.2 Å². The zero-order valence-corrected chi connectivity index (χ0v) is 63.1. The van der Waals surface area contributed by atoms with Crippen LogP contribution in [0.1, 0.15) is 329 Å². The topological polar surface area (TPSA) is 115 Å². The van der Waals surface area contributed by atoms with Crippen LogP contribution in [0, 0.1) is 71.0 Å². The average Bonchev–Trinajstić information content (AvgIpc) is 3.54. The summed E-state index contributed by atoms with van der Waals surface area (Å²) in [5.41, 5.74) is 0. The van der Waals surface area contributed by atoms with Crippen molar-refractivity contribution in [1.82, 2.24) is 14.7 Å². The molecule has 0 rings (SSSR count). The molecule has 8 unspecified atom stereocenters. The fourth-order valence-corrected chi connectivity index (χ4v) is 12.6. The lowest BCUT2D eigenvalue weighted by atomic mass is 9.93. The normalized spacial score (nSPS) is 14.8. The van der Waals surface area contributed by atoms with Crippen molar-refractivity contribution in [3.63, 3.8) is 0 Å². The number of esters is 4. The maximum atomic E-state index is 13.1. The quantitative estimate of drug-likeness (QED) is 0.0428. The molecule has 0 amide bonds. The van der Waals surface area contributed by atoms with Gasteiger partial charge in [-0.3, -0.25) is 19.2 Å². The SMILES string of the molecule is CC(C)CCCC(C)CCCC(C)CCOC(=O)CCN(CCCN(C)CCCN(CCC(=O)OCCC(C)CCCC(C)CCCC(C)C)CCC(=O)OCCC(C)CCCC(C)CCCC(C)C)CCC(=O)OCCC(C)CCCC(C)CCCC(C)C. The van der Waals surface area contributed by atoms with Gasteiger partial charge in [0.25, 0.3) is 0 Å². The summed E-state index contributed by atoms with van der Waals surface area (Å²) in [6, 6.07) is 0. The minimum absolute atomic E-state index is 0.169. The highest BCUT2D eigenvalue weighted by atomic mass is 16.5. The summed E-state index contributed by atoms with van der Waals surface area (Å²) in [5.74, 6) is 7.61. The molecule has 534 valence electrons. The standard InChI is InChI=1S/C79H155N3O8/c1-64(2)28-18-32-68(9)36-22-40-72(13)48-60-87-76(83)44-56-81(57-45-77(84)88-61-49-73(14)41-23-37-69(10)33-19-29-65(3)4)54-26-52-80(17)53-27-55-82(58-46-78(85)89-62-50-74(15)42-24-38-70(11)34-20-30-66(5)6)59-47-79(86)90-63-51-75(16)43-25-39-71(12)35-21-31-67(7)8/h64-75H,18-63H2,1-17H3. The number of ether oxygens (including phenoxy) is 4. The van der Waals surface area contributed by atoms with Gasteiger partial charge in [-0.2, -0.15) is 0 Å². The lowest BCUT2D eigenvalue weighted by Crippen LogP contribution is -2.34. The van der Waals surface area contributed by atoms with Crippen LogP contribution in [0.5, 0.6) is 0 Å². The number of hydrogen-bond acceptors (Lipinski definition) is 11. The van der Waals surface area contributed by atoms with E-state index in [1.165, 1.54) is 154 Å². The predicted molar refractivity (Wildman–Crippen MR) is 384 cm³/mol. The molecule has 0 bridgehead atoms. The van der Waals surface area contributed by atoms with Gasteiger partial charge in [0.05, 0.1) is 52.1 Å². The lowest BCUT2D eigenvalue weighted by Gasteiger charge is -2.25. The molecule has 0 N–H and O–H groups in total. The van der Waals surface area contributed by atoms with Crippen LogP contribution in [-0.4, -0.2) is 124 Å². The van der Waals surface area contributed by atoms with E-state index < -0.39 is 0 Å². The first-order chi connectivity index (χ1) is 42.8. The van der Waals surface area contributed by atoms with Gasteiger partial charge in [0.2, 0.25) is 0 Å². The van der Waals surface area contributed by atoms with E-state index >= 15 is 0 Å². The van der Waals surface area contributed by atoms with Crippen molar-refractivity contribution in [3.05, 3.63) is 0 Å². The highest BCUT2D eigenvalue weighted by Gasteiger charge is 2.18. The van der Waals surface area contributed by atoms with Gasteiger partial charge in [-0.1, -0.05) is 265 Å². The fourth-order valence-electron chi connectivity index (χ4n) is 12.6. The van der Waals surface area contributed by atoms with Gasteiger partial charge in [0.15, 0.2) is 0 Å². The van der Waals surface area contributed by atoms with Crippen LogP contribution in [-0.2, 0) is 38.1 Å². The third-order valence-electron chi connectivity index (χ3n) is 19.5. The Morgan fingerprint density at radius 3 is 0.600 bits per heavy atom. The molecule has 0 aromatic rings. The van der Waals surface area contributed by atoms with Crippen molar-refractivity contribution in [3.8, 4) is 0 Å². The Kier molecular flexibility index (Phi) is 56.7. The molecule has 0 aliphatic heterocycles. The Bertz CT molecular complexity index is 1450. The molecule has 0 radical (unpaired) electrons. The molecule has 0 saturated carbocycles. The van der Waals surface area contributed by atoms with Gasteiger partial charge in [0, 0.05) is 26.2 Å². The van der Waals surface area contributed by atoms with Crippen molar-refractivity contribution < 1.29 is 38.1 Å². The smallest absolute Gasteiger partial charge is 0.307 e. The molecule has 8 atom stereocenters. The van der Waals surface area contributed by atoms with E-state index in [0.717, 1.165) is 112 Å². The highest BCUT2D eigenvalue weighted by molar-refractivity contribution is 5.71. The predicted octanol–water partition coefficient (Wildman–Crippen LogP) is 20.7. The van der Waals surface area contributed by atoms with Gasteiger partial charge in [-0.25, -0.2) is 0 Å². The van der Waals surface area contributed by atoms with E-state index in [4.69, 9.17) is 18.9 Å². The first-order valence-electron chi connectivity index (χ1n) is 38.6. The molecular formula is C79H155N3O8. The Balaban J connectivity index is 5.46. The molecule has 11 heteroatoms. The third-order valence-corrected chi connectivity index (χ3v) is 19.5. The van der Waals surface area contributed by atoms with Crippen molar-refractivity contribution in [2.45, 2.75) is 329 Å². The maximum Gasteiger partial charge on any atom is 0.307 e. The number of carbonyl (C=O) groups excluding carboxylic acids is 4. The highest BCUT2D eigenvalue weighted by Crippen LogP contribution is 2.25. The van der Waals surface area contributed by atoms with Crippen LogP contribution in [0.15, 0.2) is 0 Å². The summed E-state index contributed by atoms with van der Waals surface area (Å²) in [4.78, 5) is 59.4. The number of rotatable bonds is 64. The van der Waals surface area contributed by atoms with Crippen molar-refractivity contribution in [2.24, 2.45) is 71.0 Å². The van der Waals surface area contributed by atoms with E-state index in [-0.39, 0.29) is 23.9 Å². The van der Waals surface area contributed by atoms with Crippen molar-refractivity contribution >= 4 is 23.9 Å². The van der Waals surface area contributed by atoms with Gasteiger partial charge in [-0.05, 0) is 143 Å². The number of nitrogens with zero attached hydrogens (tertiary/aromatic N) is 3. The van der Waals surface area contributed by atoms with Crippen molar-refractivity contribution in [1.29, 1.82) is 0 Å². The second-order valence-electron chi connectivity index (χ2n) is 31.6. The molecule has 0 fully saturated rings. The Labute approximate surface area is 560 Å². The third kappa shape index (κ3) is 59.5. The van der Waals surface area contributed by atoms with Crippen LogP contribution >= 0.6 is 0 Å². The summed E-state index contributed by atoms with van der Waals surface area (Å²) in [6.07, 6.45) is 37.0. The summed E-state index contributed by atoms with van der Waals surface area (Å²) in [6.45, 7) is 44.4. The first-order valence-corrected chi connectivity index (χ1v) is 38.6. The number of hydrogen-bond donors (Lipinski definition) is 0. The summed E-state index contributed by atoms with van der Waals surface area (Å²) in [7, 11) is 2.15. The molecule has 0 spiro atoms. The van der Waals surface area contributed by atoms with Crippen LogP contribution in [0.25, 0.3) is 0 Å².